The fourth-order valence-corrected chi connectivity index (χ4v) is 6.36. The Morgan fingerprint density at radius 1 is 0.850 bits per heavy atom. The molecular formula is C27H47NO12. The highest BCUT2D eigenvalue weighted by molar-refractivity contribution is 5.72. The Hall–Kier alpha value is -0.970. The van der Waals surface area contributed by atoms with Crippen molar-refractivity contribution >= 4 is 5.97 Å². The molecule has 2 aliphatic heterocycles. The molecule has 2 aliphatic carbocycles. The van der Waals surface area contributed by atoms with Crippen molar-refractivity contribution in [2.45, 2.75) is 151 Å². The van der Waals surface area contributed by atoms with Crippen molar-refractivity contribution in [3.05, 3.63) is 0 Å². The van der Waals surface area contributed by atoms with Gasteiger partial charge in [-0.3, -0.25) is 0 Å². The molecule has 0 aromatic heterocycles. The molecule has 4 aliphatic rings. The van der Waals surface area contributed by atoms with Crippen molar-refractivity contribution in [1.82, 2.24) is 0 Å². The first-order valence-corrected chi connectivity index (χ1v) is 14.7. The van der Waals surface area contributed by atoms with E-state index in [4.69, 9.17) is 29.4 Å². The van der Waals surface area contributed by atoms with Crippen LogP contribution in [0.1, 0.15) is 71.1 Å². The molecule has 0 unspecified atom stereocenters. The van der Waals surface area contributed by atoms with Crippen LogP contribution in [0.3, 0.4) is 0 Å². The molecule has 4 fully saturated rings. The van der Waals surface area contributed by atoms with E-state index in [1.54, 1.807) is 6.92 Å². The van der Waals surface area contributed by atoms with Gasteiger partial charge < -0.3 is 60.1 Å². The number of hydrogen-bond donors (Lipinski definition) is 7. The van der Waals surface area contributed by atoms with E-state index in [0.29, 0.717) is 19.3 Å². The topological polar surface area (TPSA) is 211 Å². The highest BCUT2D eigenvalue weighted by atomic mass is 16.7. The van der Waals surface area contributed by atoms with Crippen molar-refractivity contribution in [2.24, 2.45) is 11.7 Å². The van der Waals surface area contributed by atoms with E-state index in [2.05, 4.69) is 0 Å². The Bertz CT molecular complexity index is 799. The molecule has 0 radical (unpaired) electrons. The predicted octanol–water partition coefficient (Wildman–Crippen LogP) is -0.627. The van der Waals surface area contributed by atoms with Gasteiger partial charge in [0.15, 0.2) is 18.7 Å². The maximum absolute atomic E-state index is 12.1. The second-order valence-corrected chi connectivity index (χ2v) is 11.8. The van der Waals surface area contributed by atoms with Crippen LogP contribution in [-0.2, 0) is 28.5 Å². The highest BCUT2D eigenvalue weighted by Crippen LogP contribution is 2.34. The lowest BCUT2D eigenvalue weighted by molar-refractivity contribution is -0.331. The third-order valence-corrected chi connectivity index (χ3v) is 8.84. The molecule has 13 heteroatoms. The van der Waals surface area contributed by atoms with Crippen LogP contribution in [0.2, 0.25) is 0 Å². The number of ether oxygens (including phenoxy) is 5. The first-order chi connectivity index (χ1) is 19.1. The highest BCUT2D eigenvalue weighted by Gasteiger charge is 2.49. The molecule has 13 atom stereocenters. The van der Waals surface area contributed by atoms with E-state index in [0.717, 1.165) is 44.9 Å². The lowest BCUT2D eigenvalue weighted by Crippen LogP contribution is -2.65. The third-order valence-electron chi connectivity index (χ3n) is 8.84. The molecule has 0 amide bonds. The van der Waals surface area contributed by atoms with Gasteiger partial charge >= 0.3 is 5.97 Å². The van der Waals surface area contributed by atoms with Gasteiger partial charge in [-0.1, -0.05) is 44.9 Å². The summed E-state index contributed by atoms with van der Waals surface area (Å²) in [5, 5.41) is 61.2. The zero-order chi connectivity index (χ0) is 29.0. The van der Waals surface area contributed by atoms with Crippen LogP contribution in [0.5, 0.6) is 0 Å². The Kier molecular flexibility index (Phi) is 11.6. The van der Waals surface area contributed by atoms with E-state index in [1.165, 1.54) is 0 Å². The Balaban J connectivity index is 1.43. The first-order valence-electron chi connectivity index (χ1n) is 14.7. The summed E-state index contributed by atoms with van der Waals surface area (Å²) in [5.41, 5.74) is 6.46. The van der Waals surface area contributed by atoms with E-state index in [1.807, 2.05) is 0 Å². The smallest absolute Gasteiger partial charge is 0.332 e. The number of rotatable bonds is 10. The number of nitrogens with two attached hydrogens (primary N) is 1. The van der Waals surface area contributed by atoms with Crippen molar-refractivity contribution in [2.75, 3.05) is 6.61 Å². The molecule has 0 aromatic rings. The quantitative estimate of drug-likeness (QED) is 0.173. The summed E-state index contributed by atoms with van der Waals surface area (Å²) >= 11 is 0. The van der Waals surface area contributed by atoms with Crippen LogP contribution in [-0.4, -0.2) is 123 Å². The van der Waals surface area contributed by atoms with Gasteiger partial charge in [0.25, 0.3) is 0 Å². The maximum atomic E-state index is 12.1. The molecule has 40 heavy (non-hydrogen) atoms. The second-order valence-electron chi connectivity index (χ2n) is 11.8. The monoisotopic (exact) mass is 577 g/mol. The minimum Gasteiger partial charge on any atom is -0.479 e. The number of carbonyl (C=O) groups is 1. The number of carboxylic acids is 1. The van der Waals surface area contributed by atoms with Gasteiger partial charge in [0.2, 0.25) is 0 Å². The normalized spacial score (nSPS) is 44.3. The van der Waals surface area contributed by atoms with Crippen molar-refractivity contribution in [3.63, 3.8) is 0 Å². The number of aliphatic hydroxyl groups excluding tert-OH is 5. The van der Waals surface area contributed by atoms with Crippen LogP contribution < -0.4 is 5.73 Å². The number of aliphatic hydroxyl groups is 5. The van der Waals surface area contributed by atoms with E-state index in [-0.39, 0.29) is 5.92 Å². The average Bonchev–Trinajstić information content (AvgIpc) is 2.95. The lowest BCUT2D eigenvalue weighted by Gasteiger charge is -2.46. The zero-order valence-corrected chi connectivity index (χ0v) is 23.1. The van der Waals surface area contributed by atoms with Gasteiger partial charge in [0.1, 0.15) is 36.6 Å². The van der Waals surface area contributed by atoms with E-state index >= 15 is 0 Å². The first kappa shape index (κ1) is 32.0. The summed E-state index contributed by atoms with van der Waals surface area (Å²) < 4.78 is 29.6. The fourth-order valence-electron chi connectivity index (χ4n) is 6.36. The molecule has 2 saturated carbocycles. The van der Waals surface area contributed by atoms with Crippen LogP contribution >= 0.6 is 0 Å². The number of carboxylic acid groups (broad SMARTS) is 1. The lowest BCUT2D eigenvalue weighted by atomic mass is 9.85. The molecule has 232 valence electrons. The minimum atomic E-state index is -1.47. The molecule has 13 nitrogen and oxygen atoms in total. The number of aliphatic carboxylic acids is 1. The summed E-state index contributed by atoms with van der Waals surface area (Å²) in [6, 6.07) is -1.07. The third kappa shape index (κ3) is 7.51. The molecule has 4 rings (SSSR count). The summed E-state index contributed by atoms with van der Waals surface area (Å²) in [6.07, 6.45) is -5.09. The van der Waals surface area contributed by atoms with Crippen LogP contribution in [0.25, 0.3) is 0 Å². The maximum Gasteiger partial charge on any atom is 0.332 e. The summed E-state index contributed by atoms with van der Waals surface area (Å²) in [5.74, 6) is -0.925. The molecule has 2 heterocycles. The van der Waals surface area contributed by atoms with Crippen molar-refractivity contribution in [1.29, 1.82) is 0 Å². The molecule has 0 bridgehead atoms. The van der Waals surface area contributed by atoms with Crippen molar-refractivity contribution in [3.8, 4) is 0 Å². The predicted molar refractivity (Wildman–Crippen MR) is 138 cm³/mol. The Morgan fingerprint density at radius 3 is 2.05 bits per heavy atom. The summed E-state index contributed by atoms with van der Waals surface area (Å²) in [7, 11) is 0. The van der Waals surface area contributed by atoms with Gasteiger partial charge in [-0.15, -0.1) is 0 Å². The summed E-state index contributed by atoms with van der Waals surface area (Å²) in [6.45, 7) is 1.01. The Morgan fingerprint density at radius 2 is 1.45 bits per heavy atom. The van der Waals surface area contributed by atoms with Gasteiger partial charge in [-0.2, -0.15) is 0 Å². The number of hydrogen-bond acceptors (Lipinski definition) is 12. The van der Waals surface area contributed by atoms with Gasteiger partial charge in [-0.05, 0) is 32.1 Å². The molecular weight excluding hydrogens is 530 g/mol. The van der Waals surface area contributed by atoms with Crippen molar-refractivity contribution < 1.29 is 59.1 Å². The van der Waals surface area contributed by atoms with Crippen LogP contribution in [0.15, 0.2) is 0 Å². The minimum absolute atomic E-state index is 0.212. The fraction of sp³-hybridized carbons (Fsp3) is 0.963. The molecule has 2 saturated heterocycles. The SMILES string of the molecule is C[C@@H]1O[C@@H](O[C@@H]2CCCC[C@H]2O[C@@H]2O[C@H](CO)[C@H](O)[C@H](O[C@@H](CC3CCCCC3)C(=O)O)[C@H]2N)[C@@H](O)[C@H](O)[C@@H]1O. The van der Waals surface area contributed by atoms with Gasteiger partial charge in [0.05, 0.1) is 31.0 Å². The Labute approximate surface area is 234 Å². The molecule has 8 N–H and O–H groups in total. The van der Waals surface area contributed by atoms with Crippen LogP contribution in [0, 0.1) is 5.92 Å². The summed E-state index contributed by atoms with van der Waals surface area (Å²) in [4.78, 5) is 12.1. The second kappa shape index (κ2) is 14.5. The van der Waals surface area contributed by atoms with Gasteiger partial charge in [0, 0.05) is 0 Å². The van der Waals surface area contributed by atoms with E-state index in [9.17, 15) is 35.4 Å². The molecule has 0 aromatic carbocycles. The van der Waals surface area contributed by atoms with Gasteiger partial charge in [-0.25, -0.2) is 4.79 Å². The average molecular weight is 578 g/mol. The zero-order valence-electron chi connectivity index (χ0n) is 23.1. The molecule has 0 spiro atoms. The largest absolute Gasteiger partial charge is 0.479 e. The van der Waals surface area contributed by atoms with E-state index < -0.39 is 92.2 Å². The van der Waals surface area contributed by atoms with Crippen LogP contribution in [0.4, 0.5) is 0 Å². The standard InChI is InChI=1S/C27H47NO12/c1-13-20(30)22(32)23(33)27(36-13)39-16-10-6-5-9-15(16)38-26-19(28)24(21(31)18(12-29)40-26)37-17(25(34)35)11-14-7-3-2-4-8-14/h13-24,26-27,29-33H,2-12,28H2,1H3,(H,34,35)/t13-,15+,16+,17-,18+,19+,20+,21-,22+,23-,24+,26+,27-/m0/s1.